The Kier molecular flexibility index (Phi) is 5.20. The third-order valence-electron chi connectivity index (χ3n) is 4.18. The van der Waals surface area contributed by atoms with Crippen molar-refractivity contribution in [3.8, 4) is 5.75 Å². The van der Waals surface area contributed by atoms with Crippen LogP contribution in [0.25, 0.3) is 0 Å². The molecule has 1 N–H and O–H groups in total. The van der Waals surface area contributed by atoms with Crippen molar-refractivity contribution in [2.75, 3.05) is 27.3 Å². The summed E-state index contributed by atoms with van der Waals surface area (Å²) in [5, 5.41) is 9.10. The van der Waals surface area contributed by atoms with Gasteiger partial charge in [0.2, 0.25) is 0 Å². The smallest absolute Gasteiger partial charge is 0.339 e. The van der Waals surface area contributed by atoms with Crippen LogP contribution in [0.3, 0.4) is 0 Å². The number of carbonyl (C=O) groups is 1. The van der Waals surface area contributed by atoms with Crippen molar-refractivity contribution in [2.24, 2.45) is 5.92 Å². The number of nitrogens with zero attached hydrogens (tertiary/aromatic N) is 1. The van der Waals surface area contributed by atoms with Crippen LogP contribution in [0.2, 0.25) is 0 Å². The van der Waals surface area contributed by atoms with Gasteiger partial charge in [0.15, 0.2) is 0 Å². The van der Waals surface area contributed by atoms with Gasteiger partial charge in [0, 0.05) is 20.2 Å². The largest absolute Gasteiger partial charge is 0.496 e. The average molecular weight is 293 g/mol. The number of hydrogen-bond donors (Lipinski definition) is 1. The molecule has 0 saturated carbocycles. The molecule has 0 aromatic heterocycles. The summed E-state index contributed by atoms with van der Waals surface area (Å²) in [6.45, 7) is 4.93. The number of piperidine rings is 1. The Morgan fingerprint density at radius 2 is 2.19 bits per heavy atom. The van der Waals surface area contributed by atoms with Crippen LogP contribution in [0.4, 0.5) is 0 Å². The van der Waals surface area contributed by atoms with Crippen molar-refractivity contribution in [1.82, 2.24) is 4.90 Å². The first kappa shape index (κ1) is 15.8. The Hall–Kier alpha value is -1.59. The van der Waals surface area contributed by atoms with Gasteiger partial charge in [0.05, 0.1) is 13.2 Å². The lowest BCUT2D eigenvalue weighted by atomic mass is 9.95. The van der Waals surface area contributed by atoms with E-state index < -0.39 is 5.97 Å². The summed E-state index contributed by atoms with van der Waals surface area (Å²) in [6, 6.07) is 5.27. The summed E-state index contributed by atoms with van der Waals surface area (Å²) in [4.78, 5) is 13.4. The predicted octanol–water partition coefficient (Wildman–Crippen LogP) is 2.25. The van der Waals surface area contributed by atoms with Gasteiger partial charge in [-0.3, -0.25) is 4.90 Å². The lowest BCUT2D eigenvalue weighted by molar-refractivity contribution is -0.00746. The number of methoxy groups -OCH3 is 2. The molecule has 0 radical (unpaired) electrons. The summed E-state index contributed by atoms with van der Waals surface area (Å²) in [6.07, 6.45) is 1.38. The minimum Gasteiger partial charge on any atom is -0.496 e. The van der Waals surface area contributed by atoms with E-state index in [0.29, 0.717) is 11.7 Å². The van der Waals surface area contributed by atoms with E-state index in [1.54, 1.807) is 13.2 Å². The summed E-state index contributed by atoms with van der Waals surface area (Å²) < 4.78 is 10.7. The number of aromatic carboxylic acids is 1. The zero-order chi connectivity index (χ0) is 15.4. The summed E-state index contributed by atoms with van der Waals surface area (Å²) >= 11 is 0. The van der Waals surface area contributed by atoms with Gasteiger partial charge in [0.25, 0.3) is 0 Å². The third kappa shape index (κ3) is 3.74. The van der Waals surface area contributed by atoms with Gasteiger partial charge in [-0.15, -0.1) is 0 Å². The lowest BCUT2D eigenvalue weighted by Gasteiger charge is -2.36. The topological polar surface area (TPSA) is 59.0 Å². The molecule has 1 aromatic carbocycles. The molecule has 5 nitrogen and oxygen atoms in total. The van der Waals surface area contributed by atoms with E-state index >= 15 is 0 Å². The zero-order valence-corrected chi connectivity index (χ0v) is 12.8. The van der Waals surface area contributed by atoms with Gasteiger partial charge in [-0.25, -0.2) is 4.79 Å². The van der Waals surface area contributed by atoms with E-state index in [1.165, 1.54) is 7.11 Å². The molecule has 116 valence electrons. The molecule has 2 rings (SSSR count). The Morgan fingerprint density at radius 3 is 2.81 bits per heavy atom. The van der Waals surface area contributed by atoms with E-state index in [4.69, 9.17) is 14.6 Å². The second-order valence-corrected chi connectivity index (χ2v) is 5.62. The van der Waals surface area contributed by atoms with Crippen molar-refractivity contribution < 1.29 is 19.4 Å². The fourth-order valence-electron chi connectivity index (χ4n) is 2.82. The molecule has 0 amide bonds. The monoisotopic (exact) mass is 293 g/mol. The van der Waals surface area contributed by atoms with Gasteiger partial charge < -0.3 is 14.6 Å². The van der Waals surface area contributed by atoms with Crippen LogP contribution in [0.5, 0.6) is 5.75 Å². The zero-order valence-electron chi connectivity index (χ0n) is 12.8. The second-order valence-electron chi connectivity index (χ2n) is 5.62. The molecule has 21 heavy (non-hydrogen) atoms. The minimum absolute atomic E-state index is 0.197. The first-order chi connectivity index (χ1) is 10.0. The molecule has 1 aromatic rings. The molecule has 1 fully saturated rings. The average Bonchev–Trinajstić information content (AvgIpc) is 2.48. The molecule has 2 atom stereocenters. The standard InChI is InChI=1S/C16H23NO4/c1-11-6-7-17(10-15(11)21-3)9-12-4-5-13(16(18)19)14(8-12)20-2/h4-5,8,11,15H,6-7,9-10H2,1-3H3,(H,18,19). The molecule has 0 spiro atoms. The Bertz CT molecular complexity index is 503. The molecular weight excluding hydrogens is 270 g/mol. The predicted molar refractivity (Wildman–Crippen MR) is 79.8 cm³/mol. The quantitative estimate of drug-likeness (QED) is 0.902. The first-order valence-corrected chi connectivity index (χ1v) is 7.20. The SMILES string of the molecule is COc1cc(CN2CCC(C)C(OC)C2)ccc1C(=O)O. The van der Waals surface area contributed by atoms with Crippen LogP contribution in [0, 0.1) is 5.92 Å². The summed E-state index contributed by atoms with van der Waals surface area (Å²) in [7, 11) is 3.25. The van der Waals surface area contributed by atoms with E-state index in [9.17, 15) is 4.79 Å². The van der Waals surface area contributed by atoms with Crippen molar-refractivity contribution in [3.05, 3.63) is 29.3 Å². The van der Waals surface area contributed by atoms with E-state index in [1.807, 2.05) is 12.1 Å². The number of rotatable bonds is 5. The van der Waals surface area contributed by atoms with E-state index in [-0.39, 0.29) is 11.7 Å². The molecule has 1 heterocycles. The molecular formula is C16H23NO4. The molecule has 5 heteroatoms. The van der Waals surface area contributed by atoms with Crippen LogP contribution in [0.1, 0.15) is 29.3 Å². The van der Waals surface area contributed by atoms with Crippen LogP contribution in [0.15, 0.2) is 18.2 Å². The highest BCUT2D eigenvalue weighted by molar-refractivity contribution is 5.90. The Labute approximate surface area is 125 Å². The maximum absolute atomic E-state index is 11.1. The highest BCUT2D eigenvalue weighted by atomic mass is 16.5. The van der Waals surface area contributed by atoms with Crippen LogP contribution >= 0.6 is 0 Å². The van der Waals surface area contributed by atoms with Crippen LogP contribution < -0.4 is 4.74 Å². The highest BCUT2D eigenvalue weighted by Crippen LogP contribution is 2.24. The van der Waals surface area contributed by atoms with Gasteiger partial charge in [-0.1, -0.05) is 13.0 Å². The number of hydrogen-bond acceptors (Lipinski definition) is 4. The Balaban J connectivity index is 2.08. The molecule has 1 aliphatic heterocycles. The van der Waals surface area contributed by atoms with Gasteiger partial charge in [-0.05, 0) is 36.6 Å². The second kappa shape index (κ2) is 6.91. The highest BCUT2D eigenvalue weighted by Gasteiger charge is 2.26. The first-order valence-electron chi connectivity index (χ1n) is 7.20. The van der Waals surface area contributed by atoms with Gasteiger partial charge in [0.1, 0.15) is 11.3 Å². The van der Waals surface area contributed by atoms with Gasteiger partial charge >= 0.3 is 5.97 Å². The fraction of sp³-hybridized carbons (Fsp3) is 0.562. The lowest BCUT2D eigenvalue weighted by Crippen LogP contribution is -2.43. The fourth-order valence-corrected chi connectivity index (χ4v) is 2.82. The van der Waals surface area contributed by atoms with Crippen LogP contribution in [-0.4, -0.2) is 49.4 Å². The van der Waals surface area contributed by atoms with Gasteiger partial charge in [-0.2, -0.15) is 0 Å². The Morgan fingerprint density at radius 1 is 1.43 bits per heavy atom. The minimum atomic E-state index is -0.968. The van der Waals surface area contributed by atoms with Crippen molar-refractivity contribution >= 4 is 5.97 Å². The number of ether oxygens (including phenoxy) is 2. The van der Waals surface area contributed by atoms with Crippen LogP contribution in [-0.2, 0) is 11.3 Å². The number of benzene rings is 1. The van der Waals surface area contributed by atoms with E-state index in [2.05, 4.69) is 11.8 Å². The number of carboxylic acids is 1. The number of likely N-dealkylation sites (tertiary alicyclic amines) is 1. The third-order valence-corrected chi connectivity index (χ3v) is 4.18. The molecule has 0 bridgehead atoms. The molecule has 0 aliphatic carbocycles. The maximum atomic E-state index is 11.1. The van der Waals surface area contributed by atoms with Crippen molar-refractivity contribution in [3.63, 3.8) is 0 Å². The molecule has 1 aliphatic rings. The molecule has 1 saturated heterocycles. The summed E-state index contributed by atoms with van der Waals surface area (Å²) in [5.74, 6) is 0.0217. The maximum Gasteiger partial charge on any atom is 0.339 e. The number of carboxylic acid groups (broad SMARTS) is 1. The molecule has 2 unspecified atom stereocenters. The van der Waals surface area contributed by atoms with E-state index in [0.717, 1.165) is 31.6 Å². The normalized spacial score (nSPS) is 23.0. The summed E-state index contributed by atoms with van der Waals surface area (Å²) in [5.41, 5.74) is 1.25. The van der Waals surface area contributed by atoms with Crippen molar-refractivity contribution in [1.29, 1.82) is 0 Å². The van der Waals surface area contributed by atoms with Crippen molar-refractivity contribution in [2.45, 2.75) is 26.0 Å².